The summed E-state index contributed by atoms with van der Waals surface area (Å²) in [7, 11) is 0. The van der Waals surface area contributed by atoms with Gasteiger partial charge in [0, 0.05) is 47.1 Å². The van der Waals surface area contributed by atoms with Crippen molar-refractivity contribution < 1.29 is 0 Å². The van der Waals surface area contributed by atoms with Crippen LogP contribution in [0.5, 0.6) is 0 Å². The fraction of sp³-hybridized carbons (Fsp3) is 0.143. The van der Waals surface area contributed by atoms with Crippen molar-refractivity contribution >= 4 is 23.4 Å². The van der Waals surface area contributed by atoms with Gasteiger partial charge in [-0.1, -0.05) is 11.6 Å². The number of pyridine rings is 1. The highest BCUT2D eigenvalue weighted by molar-refractivity contribution is 6.30. The number of allylic oxidation sites excluding steroid dienone is 1. The van der Waals surface area contributed by atoms with Gasteiger partial charge in [-0.05, 0) is 73.0 Å². The predicted molar refractivity (Wildman–Crippen MR) is 104 cm³/mol. The molecule has 3 nitrogen and oxygen atoms in total. The molecule has 0 aliphatic carbocycles. The number of rotatable bonds is 3. The molecule has 0 saturated heterocycles. The Bertz CT molecular complexity index is 921. The number of nitrogens with zero attached hydrogens (tertiary/aromatic N) is 3. The Hall–Kier alpha value is -2.65. The minimum Gasteiger partial charge on any atom is -0.317 e. The molecule has 3 aromatic rings. The number of halogens is 1. The van der Waals surface area contributed by atoms with Crippen LogP contribution in [0.1, 0.15) is 24.1 Å². The van der Waals surface area contributed by atoms with E-state index < -0.39 is 0 Å². The zero-order valence-corrected chi connectivity index (χ0v) is 14.5. The van der Waals surface area contributed by atoms with Gasteiger partial charge in [0.25, 0.3) is 0 Å². The van der Waals surface area contributed by atoms with Gasteiger partial charge < -0.3 is 4.57 Å². The van der Waals surface area contributed by atoms with Gasteiger partial charge in [0.05, 0.1) is 5.71 Å². The highest BCUT2D eigenvalue weighted by Gasteiger charge is 2.15. The third kappa shape index (κ3) is 3.42. The van der Waals surface area contributed by atoms with Crippen LogP contribution in [-0.4, -0.2) is 21.8 Å². The van der Waals surface area contributed by atoms with Crippen LogP contribution in [0.15, 0.2) is 77.7 Å². The van der Waals surface area contributed by atoms with E-state index in [0.717, 1.165) is 47.1 Å². The normalized spacial score (nSPS) is 16.0. The lowest BCUT2D eigenvalue weighted by Gasteiger charge is -2.17. The van der Waals surface area contributed by atoms with Crippen molar-refractivity contribution in [1.82, 2.24) is 9.55 Å². The third-order valence-corrected chi connectivity index (χ3v) is 4.57. The lowest BCUT2D eigenvalue weighted by molar-refractivity contribution is 0.817. The fourth-order valence-electron chi connectivity index (χ4n) is 3.13. The van der Waals surface area contributed by atoms with Gasteiger partial charge in [-0.15, -0.1) is 0 Å². The van der Waals surface area contributed by atoms with Gasteiger partial charge >= 0.3 is 0 Å². The maximum atomic E-state index is 6.01. The van der Waals surface area contributed by atoms with E-state index in [4.69, 9.17) is 16.6 Å². The van der Waals surface area contributed by atoms with Gasteiger partial charge in [0.2, 0.25) is 0 Å². The van der Waals surface area contributed by atoms with Crippen molar-refractivity contribution in [3.05, 3.63) is 89.0 Å². The number of benzene rings is 1. The standard InChI is InChI=1S/C21H18ClN3/c22-18-7-9-19(10-8-18)25-13-3-6-20(25)14-16-4-2-12-24-21(16)17-5-1-11-23-15-17/h1,3,5-11,13-15H,2,4,12H2/b16-14+. The summed E-state index contributed by atoms with van der Waals surface area (Å²) in [5, 5.41) is 0.745. The highest BCUT2D eigenvalue weighted by atomic mass is 35.5. The van der Waals surface area contributed by atoms with E-state index in [1.807, 2.05) is 36.5 Å². The third-order valence-electron chi connectivity index (χ3n) is 4.32. The van der Waals surface area contributed by atoms with Gasteiger partial charge in [-0.3, -0.25) is 9.98 Å². The molecule has 0 spiro atoms. The van der Waals surface area contributed by atoms with Crippen LogP contribution in [0.4, 0.5) is 0 Å². The first-order chi connectivity index (χ1) is 12.3. The molecule has 25 heavy (non-hydrogen) atoms. The molecule has 0 unspecified atom stereocenters. The molecule has 3 heterocycles. The number of hydrogen-bond acceptors (Lipinski definition) is 2. The van der Waals surface area contributed by atoms with Crippen LogP contribution in [0, 0.1) is 0 Å². The lowest BCUT2D eigenvalue weighted by Crippen LogP contribution is -2.12. The van der Waals surface area contributed by atoms with E-state index in [2.05, 4.69) is 40.0 Å². The summed E-state index contributed by atoms with van der Waals surface area (Å²) >= 11 is 6.01. The molecule has 0 atom stereocenters. The van der Waals surface area contributed by atoms with Crippen molar-refractivity contribution in [2.24, 2.45) is 4.99 Å². The van der Waals surface area contributed by atoms with Crippen molar-refractivity contribution in [1.29, 1.82) is 0 Å². The minimum absolute atomic E-state index is 0.745. The smallest absolute Gasteiger partial charge is 0.0694 e. The van der Waals surface area contributed by atoms with Crippen LogP contribution in [0.2, 0.25) is 5.02 Å². The fourth-order valence-corrected chi connectivity index (χ4v) is 3.25. The summed E-state index contributed by atoms with van der Waals surface area (Å²) in [4.78, 5) is 9.00. The Labute approximate surface area is 152 Å². The summed E-state index contributed by atoms with van der Waals surface area (Å²) in [6.07, 6.45) is 10.1. The molecule has 2 aromatic heterocycles. The van der Waals surface area contributed by atoms with E-state index >= 15 is 0 Å². The Morgan fingerprint density at radius 2 is 1.92 bits per heavy atom. The second-order valence-corrected chi connectivity index (χ2v) is 6.46. The van der Waals surface area contributed by atoms with Gasteiger partial charge in [0.1, 0.15) is 0 Å². The molecular formula is C21H18ClN3. The summed E-state index contributed by atoms with van der Waals surface area (Å²) in [6, 6.07) is 16.1. The second-order valence-electron chi connectivity index (χ2n) is 6.02. The van der Waals surface area contributed by atoms with Gasteiger partial charge in [-0.2, -0.15) is 0 Å². The molecule has 0 fully saturated rings. The number of aliphatic imine (C=N–C) groups is 1. The molecule has 0 saturated carbocycles. The van der Waals surface area contributed by atoms with E-state index in [1.165, 1.54) is 5.57 Å². The Morgan fingerprint density at radius 3 is 2.72 bits per heavy atom. The molecule has 0 radical (unpaired) electrons. The summed E-state index contributed by atoms with van der Waals surface area (Å²) in [6.45, 7) is 0.875. The second kappa shape index (κ2) is 7.08. The minimum atomic E-state index is 0.745. The van der Waals surface area contributed by atoms with Crippen LogP contribution in [0.25, 0.3) is 11.8 Å². The Balaban J connectivity index is 1.73. The van der Waals surface area contributed by atoms with Crippen molar-refractivity contribution in [3.8, 4) is 5.69 Å². The highest BCUT2D eigenvalue weighted by Crippen LogP contribution is 2.24. The Kier molecular flexibility index (Phi) is 4.49. The van der Waals surface area contributed by atoms with Crippen molar-refractivity contribution in [2.75, 3.05) is 6.54 Å². The number of hydrogen-bond donors (Lipinski definition) is 0. The molecule has 1 aliphatic rings. The SMILES string of the molecule is Clc1ccc(-n2cccc2/C=C2\CCCN=C2c2cccnc2)cc1. The molecule has 1 aromatic carbocycles. The van der Waals surface area contributed by atoms with Crippen LogP contribution in [-0.2, 0) is 0 Å². The average molecular weight is 348 g/mol. The lowest BCUT2D eigenvalue weighted by atomic mass is 9.96. The summed E-state index contributed by atoms with van der Waals surface area (Å²) in [5.41, 5.74) is 5.63. The first kappa shape index (κ1) is 15.9. The van der Waals surface area contributed by atoms with Crippen LogP contribution >= 0.6 is 11.6 Å². The van der Waals surface area contributed by atoms with E-state index in [0.29, 0.717) is 0 Å². The molecular weight excluding hydrogens is 330 g/mol. The van der Waals surface area contributed by atoms with Gasteiger partial charge in [-0.25, -0.2) is 0 Å². The topological polar surface area (TPSA) is 30.2 Å². The van der Waals surface area contributed by atoms with Gasteiger partial charge in [0.15, 0.2) is 0 Å². The summed E-state index contributed by atoms with van der Waals surface area (Å²) in [5.74, 6) is 0. The van der Waals surface area contributed by atoms with Crippen LogP contribution < -0.4 is 0 Å². The van der Waals surface area contributed by atoms with E-state index in [9.17, 15) is 0 Å². The summed E-state index contributed by atoms with van der Waals surface area (Å²) < 4.78 is 2.17. The Morgan fingerprint density at radius 1 is 1.04 bits per heavy atom. The molecule has 4 heteroatoms. The number of aromatic nitrogens is 2. The molecule has 4 rings (SSSR count). The largest absolute Gasteiger partial charge is 0.317 e. The first-order valence-electron chi connectivity index (χ1n) is 8.40. The van der Waals surface area contributed by atoms with Crippen LogP contribution in [0.3, 0.4) is 0 Å². The molecule has 1 aliphatic heterocycles. The first-order valence-corrected chi connectivity index (χ1v) is 8.78. The molecule has 0 bridgehead atoms. The zero-order valence-electron chi connectivity index (χ0n) is 13.8. The maximum absolute atomic E-state index is 6.01. The van der Waals surface area contributed by atoms with Crippen molar-refractivity contribution in [3.63, 3.8) is 0 Å². The van der Waals surface area contributed by atoms with E-state index in [1.54, 1.807) is 6.20 Å². The molecule has 124 valence electrons. The molecule has 0 N–H and O–H groups in total. The monoisotopic (exact) mass is 347 g/mol. The maximum Gasteiger partial charge on any atom is 0.0694 e. The predicted octanol–water partition coefficient (Wildman–Crippen LogP) is 5.19. The van der Waals surface area contributed by atoms with E-state index in [-0.39, 0.29) is 0 Å². The molecule has 0 amide bonds. The van der Waals surface area contributed by atoms with Crippen molar-refractivity contribution in [2.45, 2.75) is 12.8 Å². The quantitative estimate of drug-likeness (QED) is 0.641. The average Bonchev–Trinajstić information content (AvgIpc) is 3.12. The zero-order chi connectivity index (χ0) is 17.1.